The standard InChI is InChI=1S/C23H24F6N6O/c1-2-20(32-9-4-3-5-16-8-10-34(12-16)14-23(27,28)29)21(26)22(36,13-35(31)15-33-30)18-7-6-17(24)11-19(18)25/h2,4,8-12,15,21,36H,1,6-7,13-14,30-31H2/b9-4+,32-20?,33-15-. The highest BCUT2D eigenvalue weighted by Crippen LogP contribution is 2.37. The maximum atomic E-state index is 15.6. The van der Waals surface area contributed by atoms with Gasteiger partial charge >= 0.3 is 6.18 Å². The number of alkyl halides is 4. The molecule has 0 bridgehead atoms. The van der Waals surface area contributed by atoms with E-state index in [4.69, 9.17) is 11.7 Å². The third-order valence-electron chi connectivity index (χ3n) is 4.95. The van der Waals surface area contributed by atoms with Gasteiger partial charge in [0.15, 0.2) is 6.17 Å². The van der Waals surface area contributed by atoms with E-state index in [0.29, 0.717) is 11.6 Å². The Kier molecular flexibility index (Phi) is 9.71. The van der Waals surface area contributed by atoms with Crippen LogP contribution in [0, 0.1) is 11.8 Å². The van der Waals surface area contributed by atoms with Crippen LogP contribution in [-0.2, 0) is 6.54 Å². The van der Waals surface area contributed by atoms with Gasteiger partial charge in [0.2, 0.25) is 0 Å². The molecule has 0 spiro atoms. The Balaban J connectivity index is 2.28. The van der Waals surface area contributed by atoms with Crippen molar-refractivity contribution in [3.05, 3.63) is 72.3 Å². The van der Waals surface area contributed by atoms with Gasteiger partial charge in [-0.2, -0.15) is 18.3 Å². The highest BCUT2D eigenvalue weighted by Gasteiger charge is 2.46. The smallest absolute Gasteiger partial charge is 0.380 e. The van der Waals surface area contributed by atoms with Crippen molar-refractivity contribution in [3.63, 3.8) is 0 Å². The van der Waals surface area contributed by atoms with E-state index in [1.165, 1.54) is 24.5 Å². The number of hydrazone groups is 1. The molecule has 0 saturated carbocycles. The zero-order chi connectivity index (χ0) is 26.9. The number of nitrogens with zero attached hydrogens (tertiary/aromatic N) is 4. The predicted octanol–water partition coefficient (Wildman–Crippen LogP) is 3.56. The summed E-state index contributed by atoms with van der Waals surface area (Å²) in [7, 11) is 0. The second-order valence-corrected chi connectivity index (χ2v) is 7.67. The van der Waals surface area contributed by atoms with Crippen molar-refractivity contribution in [2.45, 2.75) is 37.3 Å². The molecule has 13 heteroatoms. The Hall–Kier alpha value is -3.76. The molecule has 0 radical (unpaired) electrons. The number of hydrogen-bond donors (Lipinski definition) is 3. The predicted molar refractivity (Wildman–Crippen MR) is 124 cm³/mol. The molecule has 7 nitrogen and oxygen atoms in total. The van der Waals surface area contributed by atoms with E-state index >= 15 is 4.39 Å². The summed E-state index contributed by atoms with van der Waals surface area (Å²) >= 11 is 0. The van der Waals surface area contributed by atoms with Crippen LogP contribution in [0.3, 0.4) is 0 Å². The van der Waals surface area contributed by atoms with Crippen LogP contribution in [0.4, 0.5) is 26.3 Å². The number of halogens is 6. The minimum atomic E-state index is -4.37. The molecule has 0 aromatic carbocycles. The monoisotopic (exact) mass is 514 g/mol. The first kappa shape index (κ1) is 28.5. The number of aliphatic hydroxyl groups is 1. The molecule has 0 amide bonds. The van der Waals surface area contributed by atoms with Crippen molar-refractivity contribution >= 4 is 12.1 Å². The van der Waals surface area contributed by atoms with E-state index in [-0.39, 0.29) is 12.8 Å². The average Bonchev–Trinajstić information content (AvgIpc) is 3.21. The maximum absolute atomic E-state index is 15.6. The van der Waals surface area contributed by atoms with E-state index in [9.17, 15) is 27.1 Å². The Labute approximate surface area is 203 Å². The first-order chi connectivity index (χ1) is 16.9. The molecule has 2 atom stereocenters. The van der Waals surface area contributed by atoms with Gasteiger partial charge in [0.1, 0.15) is 30.1 Å². The largest absolute Gasteiger partial charge is 0.406 e. The summed E-state index contributed by atoms with van der Waals surface area (Å²) in [6, 6.07) is 1.38. The molecule has 194 valence electrons. The Morgan fingerprint density at radius 1 is 1.33 bits per heavy atom. The second-order valence-electron chi connectivity index (χ2n) is 7.67. The molecule has 1 aromatic heterocycles. The van der Waals surface area contributed by atoms with Crippen molar-refractivity contribution in [2.24, 2.45) is 21.8 Å². The van der Waals surface area contributed by atoms with Crippen LogP contribution in [-0.4, -0.2) is 51.2 Å². The molecule has 1 aliphatic carbocycles. The van der Waals surface area contributed by atoms with Crippen LogP contribution in [0.2, 0.25) is 0 Å². The van der Waals surface area contributed by atoms with Gasteiger partial charge in [0, 0.05) is 48.3 Å². The van der Waals surface area contributed by atoms with Crippen LogP contribution in [0.5, 0.6) is 0 Å². The SMILES string of the molecule is C=CC(=N/C=C/C#Cc1ccn(CC(F)(F)F)c1)C(F)C(O)(CN(N)/C=N\N)C1=C(F)C=C(F)CC1. The molecular formula is C23H24F6N6O. The van der Waals surface area contributed by atoms with Gasteiger partial charge in [0.05, 0.1) is 12.3 Å². The molecule has 5 N–H and O–H groups in total. The van der Waals surface area contributed by atoms with Crippen LogP contribution < -0.4 is 11.7 Å². The van der Waals surface area contributed by atoms with E-state index in [0.717, 1.165) is 28.2 Å². The molecule has 1 aromatic rings. The fraction of sp³-hybridized carbons (Fsp3) is 0.304. The van der Waals surface area contributed by atoms with Crippen molar-refractivity contribution in [3.8, 4) is 11.8 Å². The zero-order valence-electron chi connectivity index (χ0n) is 18.9. The summed E-state index contributed by atoms with van der Waals surface area (Å²) in [5.74, 6) is 13.9. The number of allylic oxidation sites excluding steroid dienone is 5. The van der Waals surface area contributed by atoms with Gasteiger partial charge in [-0.15, -0.1) is 0 Å². The van der Waals surface area contributed by atoms with Gasteiger partial charge in [-0.05, 0) is 18.6 Å². The summed E-state index contributed by atoms with van der Waals surface area (Å²) in [5.41, 5.74) is -3.14. The van der Waals surface area contributed by atoms with Gasteiger partial charge in [0.25, 0.3) is 0 Å². The fourth-order valence-corrected chi connectivity index (χ4v) is 3.39. The summed E-state index contributed by atoms with van der Waals surface area (Å²) in [5, 5.41) is 15.1. The zero-order valence-corrected chi connectivity index (χ0v) is 18.9. The number of hydrazine groups is 1. The minimum Gasteiger partial charge on any atom is -0.380 e. The maximum Gasteiger partial charge on any atom is 0.406 e. The van der Waals surface area contributed by atoms with Crippen LogP contribution in [0.25, 0.3) is 0 Å². The minimum absolute atomic E-state index is 0.256. The van der Waals surface area contributed by atoms with Crippen LogP contribution >= 0.6 is 0 Å². The number of nitrogens with two attached hydrogens (primary N) is 2. The third-order valence-corrected chi connectivity index (χ3v) is 4.95. The quantitative estimate of drug-likeness (QED) is 0.117. The number of hydrogen-bond acceptors (Lipinski definition) is 5. The number of aliphatic imine (C=N–C) groups is 1. The molecule has 0 aliphatic heterocycles. The topological polar surface area (TPSA) is 105 Å². The summed E-state index contributed by atoms with van der Waals surface area (Å²) < 4.78 is 81.8. The summed E-state index contributed by atoms with van der Waals surface area (Å²) in [6.07, 6.45) is -0.222. The normalized spacial score (nSPS) is 17.6. The Bertz CT molecular complexity index is 1150. The second kappa shape index (κ2) is 12.3. The molecule has 0 saturated heterocycles. The fourth-order valence-electron chi connectivity index (χ4n) is 3.39. The first-order valence-corrected chi connectivity index (χ1v) is 10.3. The lowest BCUT2D eigenvalue weighted by Gasteiger charge is -2.37. The molecule has 36 heavy (non-hydrogen) atoms. The lowest BCUT2D eigenvalue weighted by Crippen LogP contribution is -2.55. The lowest BCUT2D eigenvalue weighted by atomic mass is 9.81. The molecule has 0 fully saturated rings. The van der Waals surface area contributed by atoms with Gasteiger partial charge < -0.3 is 15.5 Å². The first-order valence-electron chi connectivity index (χ1n) is 10.3. The van der Waals surface area contributed by atoms with Crippen LogP contribution in [0.1, 0.15) is 18.4 Å². The highest BCUT2D eigenvalue weighted by atomic mass is 19.4. The summed E-state index contributed by atoms with van der Waals surface area (Å²) in [6.45, 7) is 1.58. The van der Waals surface area contributed by atoms with E-state index in [1.54, 1.807) is 0 Å². The average molecular weight is 514 g/mol. The van der Waals surface area contributed by atoms with Gasteiger partial charge in [-0.1, -0.05) is 18.4 Å². The van der Waals surface area contributed by atoms with Crippen molar-refractivity contribution in [1.29, 1.82) is 0 Å². The van der Waals surface area contributed by atoms with E-state index < -0.39 is 54.0 Å². The van der Waals surface area contributed by atoms with Gasteiger partial charge in [-0.3, -0.25) is 10.0 Å². The molecule has 2 rings (SSSR count). The van der Waals surface area contributed by atoms with Crippen LogP contribution in [0.15, 0.2) is 76.8 Å². The Morgan fingerprint density at radius 3 is 2.67 bits per heavy atom. The van der Waals surface area contributed by atoms with Crippen molar-refractivity contribution in [1.82, 2.24) is 9.58 Å². The number of rotatable bonds is 9. The molecular weight excluding hydrogens is 490 g/mol. The molecule has 2 unspecified atom stereocenters. The third kappa shape index (κ3) is 7.89. The lowest BCUT2D eigenvalue weighted by molar-refractivity contribution is -0.140. The van der Waals surface area contributed by atoms with Crippen molar-refractivity contribution < 1.29 is 31.4 Å². The van der Waals surface area contributed by atoms with Crippen molar-refractivity contribution in [2.75, 3.05) is 6.54 Å². The van der Waals surface area contributed by atoms with E-state index in [2.05, 4.69) is 28.5 Å². The Morgan fingerprint density at radius 2 is 2.06 bits per heavy atom. The van der Waals surface area contributed by atoms with E-state index in [1.807, 2.05) is 0 Å². The molecule has 1 aliphatic rings. The number of aromatic nitrogens is 1. The highest BCUT2D eigenvalue weighted by molar-refractivity contribution is 6.00. The van der Waals surface area contributed by atoms with Gasteiger partial charge in [-0.25, -0.2) is 19.0 Å². The molecule has 1 heterocycles. The summed E-state index contributed by atoms with van der Waals surface area (Å²) in [4.78, 5) is 3.86.